The van der Waals surface area contributed by atoms with Crippen molar-refractivity contribution >= 4 is 6.01 Å². The topological polar surface area (TPSA) is 36.2 Å². The lowest BCUT2D eigenvalue weighted by molar-refractivity contribution is 0.634. The molecule has 0 aromatic carbocycles. The fourth-order valence-corrected chi connectivity index (χ4v) is 0.563. The minimum absolute atomic E-state index is 0.326. The Morgan fingerprint density at radius 3 is 2.12 bits per heavy atom. The van der Waals surface area contributed by atoms with E-state index in [2.05, 4.69) is 18.8 Å². The first-order valence-corrected chi connectivity index (χ1v) is 2.96. The van der Waals surface area contributed by atoms with E-state index in [1.807, 2.05) is 6.01 Å². The minimum atomic E-state index is 0.326. The summed E-state index contributed by atoms with van der Waals surface area (Å²) < 4.78 is 0. The molecule has 0 aliphatic carbocycles. The van der Waals surface area contributed by atoms with E-state index < -0.39 is 0 Å². The van der Waals surface area contributed by atoms with E-state index in [0.717, 1.165) is 12.8 Å². The van der Waals surface area contributed by atoms with Gasteiger partial charge in [-0.2, -0.15) is 0 Å². The minimum Gasteiger partial charge on any atom is -0.242 e. The van der Waals surface area contributed by atoms with Gasteiger partial charge in [0.25, 0.3) is 0 Å². The molecule has 0 rings (SSSR count). The van der Waals surface area contributed by atoms with Gasteiger partial charge in [-0.15, -0.1) is 0 Å². The normalized spacial score (nSPS) is 8.88. The maximum Gasteiger partial charge on any atom is 0.0864 e. The predicted octanol–water partition coefficient (Wildman–Crippen LogP) is 1.93. The molecule has 46 valence electrons. The zero-order chi connectivity index (χ0) is 6.41. The third kappa shape index (κ3) is 2.54. The van der Waals surface area contributed by atoms with Crippen molar-refractivity contribution < 1.29 is 0 Å². The number of rotatable bonds is 3. The van der Waals surface area contributed by atoms with E-state index in [-0.39, 0.29) is 0 Å². The fourth-order valence-electron chi connectivity index (χ4n) is 0.563. The molecule has 0 aromatic rings. The second-order valence-electron chi connectivity index (χ2n) is 1.71. The molecule has 2 heteroatoms. The molecule has 0 fully saturated rings. The van der Waals surface area contributed by atoms with Gasteiger partial charge in [0.15, 0.2) is 0 Å². The molecule has 0 spiro atoms. The molecule has 2 nitrogen and oxygen atoms in total. The van der Waals surface area contributed by atoms with Gasteiger partial charge in [0.05, 0.1) is 12.1 Å². The number of hydrogen-bond donors (Lipinski definition) is 1. The van der Waals surface area contributed by atoms with Crippen LogP contribution in [0.5, 0.6) is 0 Å². The van der Waals surface area contributed by atoms with Gasteiger partial charge >= 0.3 is 0 Å². The van der Waals surface area contributed by atoms with E-state index in [1.165, 1.54) is 0 Å². The lowest BCUT2D eigenvalue weighted by atomic mass is 10.2. The highest BCUT2D eigenvalue weighted by molar-refractivity contribution is 5.36. The Balaban J connectivity index is 3.52. The van der Waals surface area contributed by atoms with Crippen molar-refractivity contribution in [3.05, 3.63) is 0 Å². The van der Waals surface area contributed by atoms with Crippen LogP contribution in [0.3, 0.4) is 0 Å². The Morgan fingerprint density at radius 2 is 2.00 bits per heavy atom. The van der Waals surface area contributed by atoms with Crippen LogP contribution in [0.1, 0.15) is 26.7 Å². The highest BCUT2D eigenvalue weighted by Crippen LogP contribution is 1.99. The van der Waals surface area contributed by atoms with Gasteiger partial charge in [-0.05, 0) is 12.8 Å². The maximum absolute atomic E-state index is 6.52. The number of aliphatic imine (C=N–C) groups is 1. The van der Waals surface area contributed by atoms with Crippen LogP contribution in [0.2, 0.25) is 0 Å². The predicted molar refractivity (Wildman–Crippen MR) is 34.5 cm³/mol. The average molecular weight is 112 g/mol. The molecule has 0 bridgehead atoms. The monoisotopic (exact) mass is 112 g/mol. The van der Waals surface area contributed by atoms with E-state index in [0.29, 0.717) is 6.04 Å². The van der Waals surface area contributed by atoms with E-state index in [1.54, 1.807) is 0 Å². The van der Waals surface area contributed by atoms with Crippen molar-refractivity contribution in [2.24, 2.45) is 4.99 Å². The highest BCUT2D eigenvalue weighted by atomic mass is 14.8. The summed E-state index contributed by atoms with van der Waals surface area (Å²) in [4.78, 5) is 3.78. The third-order valence-corrected chi connectivity index (χ3v) is 1.19. The molecule has 0 aromatic heterocycles. The Bertz CT molecular complexity index is 88.7. The van der Waals surface area contributed by atoms with Crippen molar-refractivity contribution in [3.8, 4) is 0 Å². The Morgan fingerprint density at radius 1 is 1.50 bits per heavy atom. The lowest BCUT2D eigenvalue weighted by Crippen LogP contribution is -1.97. The van der Waals surface area contributed by atoms with Gasteiger partial charge in [0.1, 0.15) is 0 Å². The molecule has 0 atom stereocenters. The quantitative estimate of drug-likeness (QED) is 0.541. The van der Waals surface area contributed by atoms with Crippen LogP contribution in [-0.2, 0) is 0 Å². The largest absolute Gasteiger partial charge is 0.242 e. The van der Waals surface area contributed by atoms with E-state index in [4.69, 9.17) is 5.41 Å². The third-order valence-electron chi connectivity index (χ3n) is 1.19. The van der Waals surface area contributed by atoms with E-state index >= 15 is 0 Å². The summed E-state index contributed by atoms with van der Waals surface area (Å²) in [5, 5.41) is 6.52. The second kappa shape index (κ2) is 4.54. The van der Waals surface area contributed by atoms with Gasteiger partial charge in [0, 0.05) is 0 Å². The van der Waals surface area contributed by atoms with Crippen LogP contribution in [0.25, 0.3) is 0 Å². The first-order chi connectivity index (χ1) is 3.85. The fraction of sp³-hybridized carbons (Fsp3) is 0.833. The highest BCUT2D eigenvalue weighted by Gasteiger charge is 1.95. The smallest absolute Gasteiger partial charge is 0.0864 e. The van der Waals surface area contributed by atoms with Crippen LogP contribution in [0, 0.1) is 5.41 Å². The molecule has 8 heavy (non-hydrogen) atoms. The van der Waals surface area contributed by atoms with Crippen LogP contribution >= 0.6 is 0 Å². The number of hydrogen-bond acceptors (Lipinski definition) is 2. The molecule has 0 aliphatic rings. The van der Waals surface area contributed by atoms with Crippen LogP contribution in [0.4, 0.5) is 0 Å². The lowest BCUT2D eigenvalue weighted by Gasteiger charge is -1.99. The van der Waals surface area contributed by atoms with Crippen molar-refractivity contribution in [2.45, 2.75) is 32.7 Å². The summed E-state index contributed by atoms with van der Waals surface area (Å²) in [5.74, 6) is 0. The Hall–Kier alpha value is -0.620. The van der Waals surface area contributed by atoms with Gasteiger partial charge < -0.3 is 0 Å². The number of nitrogens with one attached hydrogen (secondary N) is 1. The summed E-state index contributed by atoms with van der Waals surface area (Å²) >= 11 is 0. The Kier molecular flexibility index (Phi) is 4.19. The summed E-state index contributed by atoms with van der Waals surface area (Å²) in [6.07, 6.45) is 2.03. The van der Waals surface area contributed by atoms with Crippen molar-refractivity contribution in [3.63, 3.8) is 0 Å². The number of nitrogens with zero attached hydrogens (tertiary/aromatic N) is 1. The van der Waals surface area contributed by atoms with Crippen molar-refractivity contribution in [2.75, 3.05) is 0 Å². The van der Waals surface area contributed by atoms with Gasteiger partial charge in [-0.1, -0.05) is 13.8 Å². The zero-order valence-corrected chi connectivity index (χ0v) is 5.44. The van der Waals surface area contributed by atoms with Gasteiger partial charge in [-0.25, -0.2) is 10.4 Å². The summed E-state index contributed by atoms with van der Waals surface area (Å²) in [6, 6.07) is 2.37. The van der Waals surface area contributed by atoms with Crippen molar-refractivity contribution in [1.82, 2.24) is 0 Å². The van der Waals surface area contributed by atoms with Crippen LogP contribution < -0.4 is 0 Å². The molecule has 1 N–H and O–H groups in total. The molecular formula is C6H12N2. The second-order valence-corrected chi connectivity index (χ2v) is 1.71. The van der Waals surface area contributed by atoms with Crippen molar-refractivity contribution in [1.29, 1.82) is 5.41 Å². The van der Waals surface area contributed by atoms with E-state index in [9.17, 15) is 0 Å². The first-order valence-electron chi connectivity index (χ1n) is 2.96. The summed E-state index contributed by atoms with van der Waals surface area (Å²) in [5.41, 5.74) is 0. The van der Waals surface area contributed by atoms with Crippen LogP contribution in [0.15, 0.2) is 4.99 Å². The molecule has 0 aliphatic heterocycles. The SMILES string of the molecule is CCC(CC)N=C=N. The molecule has 0 saturated carbocycles. The summed E-state index contributed by atoms with van der Waals surface area (Å²) in [6.45, 7) is 4.13. The standard InChI is InChI=1S/C6H12N2/c1-3-6(4-2)8-5-7/h6-7H,3-4H2,1-2H3. The first kappa shape index (κ1) is 7.38. The van der Waals surface area contributed by atoms with Crippen LogP contribution in [-0.4, -0.2) is 12.1 Å². The summed E-state index contributed by atoms with van der Waals surface area (Å²) in [7, 11) is 0. The molecule has 0 amide bonds. The maximum atomic E-state index is 6.52. The molecule has 0 unspecified atom stereocenters. The average Bonchev–Trinajstić information content (AvgIpc) is 1.83. The molecular weight excluding hydrogens is 100 g/mol. The molecule has 0 heterocycles. The Labute approximate surface area is 50.1 Å². The van der Waals surface area contributed by atoms with Gasteiger partial charge in [0.2, 0.25) is 0 Å². The van der Waals surface area contributed by atoms with Gasteiger partial charge in [-0.3, -0.25) is 0 Å². The zero-order valence-electron chi connectivity index (χ0n) is 5.44. The molecule has 0 radical (unpaired) electrons. The molecule has 0 saturated heterocycles.